The van der Waals surface area contributed by atoms with E-state index in [1.807, 2.05) is 37.3 Å². The van der Waals surface area contributed by atoms with E-state index < -0.39 is 4.92 Å². The Balaban J connectivity index is 1.64. The van der Waals surface area contributed by atoms with E-state index in [2.05, 4.69) is 21.6 Å². The van der Waals surface area contributed by atoms with Crippen molar-refractivity contribution in [2.45, 2.75) is 26.3 Å². The van der Waals surface area contributed by atoms with E-state index in [1.165, 1.54) is 12.1 Å². The van der Waals surface area contributed by atoms with E-state index in [0.717, 1.165) is 11.4 Å². The zero-order valence-corrected chi connectivity index (χ0v) is 18.4. The van der Waals surface area contributed by atoms with Crippen LogP contribution in [0.3, 0.4) is 0 Å². The summed E-state index contributed by atoms with van der Waals surface area (Å²) in [6, 6.07) is 19.4. The number of carbonyl (C=O) groups excluding carboxylic acids is 1. The molecule has 10 heteroatoms. The van der Waals surface area contributed by atoms with Gasteiger partial charge in [-0.1, -0.05) is 18.2 Å². The molecule has 10 nitrogen and oxygen atoms in total. The first-order valence-corrected chi connectivity index (χ1v) is 10.5. The quantitative estimate of drug-likeness (QED) is 0.315. The molecule has 0 unspecified atom stereocenters. The number of nitro groups is 1. The molecule has 0 aliphatic carbocycles. The molecule has 1 N–H and O–H groups in total. The Bertz CT molecular complexity index is 1370. The van der Waals surface area contributed by atoms with Gasteiger partial charge in [-0.05, 0) is 31.2 Å². The van der Waals surface area contributed by atoms with E-state index >= 15 is 0 Å². The fourth-order valence-electron chi connectivity index (χ4n) is 3.57. The first-order chi connectivity index (χ1) is 16.4. The second-order valence-electron chi connectivity index (χ2n) is 7.61. The Morgan fingerprint density at radius 1 is 1.15 bits per heavy atom. The molecule has 4 aromatic rings. The predicted octanol–water partition coefficient (Wildman–Crippen LogP) is 4.05. The number of hydrogen-bond acceptors (Lipinski definition) is 6. The summed E-state index contributed by atoms with van der Waals surface area (Å²) >= 11 is 0. The van der Waals surface area contributed by atoms with Gasteiger partial charge in [-0.15, -0.1) is 0 Å². The number of nitriles is 1. The number of nitrogens with one attached hydrogen (secondary N) is 1. The van der Waals surface area contributed by atoms with Crippen LogP contribution in [0, 0.1) is 28.4 Å². The van der Waals surface area contributed by atoms with Crippen molar-refractivity contribution in [3.8, 4) is 23.0 Å². The van der Waals surface area contributed by atoms with Gasteiger partial charge in [0.1, 0.15) is 5.82 Å². The van der Waals surface area contributed by atoms with E-state index in [-0.39, 0.29) is 24.4 Å². The smallest absolute Gasteiger partial charge is 0.269 e. The van der Waals surface area contributed by atoms with Gasteiger partial charge in [0.25, 0.3) is 5.69 Å². The van der Waals surface area contributed by atoms with Crippen molar-refractivity contribution in [2.75, 3.05) is 5.32 Å². The molecular formula is C24H21N7O3. The number of nitrogens with zero attached hydrogens (tertiary/aromatic N) is 6. The number of hydrogen-bond donors (Lipinski definition) is 1. The van der Waals surface area contributed by atoms with Gasteiger partial charge < -0.3 is 5.32 Å². The zero-order valence-electron chi connectivity index (χ0n) is 18.4. The molecule has 34 heavy (non-hydrogen) atoms. The van der Waals surface area contributed by atoms with Crippen molar-refractivity contribution in [1.82, 2.24) is 19.6 Å². The lowest BCUT2D eigenvalue weighted by Gasteiger charge is -2.08. The largest absolute Gasteiger partial charge is 0.311 e. The van der Waals surface area contributed by atoms with Gasteiger partial charge in [0.15, 0.2) is 0 Å². The molecule has 1 amide bonds. The summed E-state index contributed by atoms with van der Waals surface area (Å²) in [6.07, 6.45) is 2.09. The molecule has 0 spiro atoms. The van der Waals surface area contributed by atoms with Crippen LogP contribution in [0.25, 0.3) is 16.9 Å². The predicted molar refractivity (Wildman–Crippen MR) is 125 cm³/mol. The lowest BCUT2D eigenvalue weighted by atomic mass is 10.1. The summed E-state index contributed by atoms with van der Waals surface area (Å²) in [5.74, 6) is 0.249. The minimum atomic E-state index is -0.460. The van der Waals surface area contributed by atoms with Crippen molar-refractivity contribution < 1.29 is 9.72 Å². The molecule has 0 aliphatic heterocycles. The highest BCUT2D eigenvalue weighted by molar-refractivity contribution is 5.92. The van der Waals surface area contributed by atoms with Gasteiger partial charge in [-0.3, -0.25) is 14.9 Å². The first-order valence-electron chi connectivity index (χ1n) is 10.5. The Morgan fingerprint density at radius 3 is 2.56 bits per heavy atom. The number of amides is 1. The highest BCUT2D eigenvalue weighted by atomic mass is 16.6. The molecule has 0 bridgehead atoms. The molecule has 0 saturated carbocycles. The number of anilines is 1. The van der Waals surface area contributed by atoms with Crippen LogP contribution in [-0.4, -0.2) is 30.4 Å². The van der Waals surface area contributed by atoms with Crippen LogP contribution in [0.15, 0.2) is 66.9 Å². The Hall–Kier alpha value is -4.78. The van der Waals surface area contributed by atoms with Crippen molar-refractivity contribution >= 4 is 17.4 Å². The van der Waals surface area contributed by atoms with Crippen LogP contribution in [0.1, 0.15) is 17.7 Å². The van der Waals surface area contributed by atoms with Crippen LogP contribution >= 0.6 is 0 Å². The fraction of sp³-hybridized carbons (Fsp3) is 0.167. The summed E-state index contributed by atoms with van der Waals surface area (Å²) < 4.78 is 3.28. The molecular weight excluding hydrogens is 434 g/mol. The number of para-hydroxylation sites is 1. The summed E-state index contributed by atoms with van der Waals surface area (Å²) in [6.45, 7) is 2.19. The lowest BCUT2D eigenvalue weighted by Crippen LogP contribution is -2.17. The van der Waals surface area contributed by atoms with Gasteiger partial charge in [0.2, 0.25) is 5.91 Å². The fourth-order valence-corrected chi connectivity index (χ4v) is 3.57. The van der Waals surface area contributed by atoms with E-state index in [1.54, 1.807) is 33.8 Å². The minimum Gasteiger partial charge on any atom is -0.311 e. The zero-order chi connectivity index (χ0) is 24.1. The third kappa shape index (κ3) is 4.99. The number of nitro benzene ring substituents is 1. The van der Waals surface area contributed by atoms with Crippen LogP contribution in [0.4, 0.5) is 11.5 Å². The summed E-state index contributed by atoms with van der Waals surface area (Å²) in [7, 11) is 0. The third-order valence-electron chi connectivity index (χ3n) is 5.12. The maximum atomic E-state index is 12.9. The molecule has 170 valence electrons. The summed E-state index contributed by atoms with van der Waals surface area (Å²) in [4.78, 5) is 23.5. The monoisotopic (exact) mass is 455 g/mol. The second-order valence-corrected chi connectivity index (χ2v) is 7.61. The van der Waals surface area contributed by atoms with Crippen molar-refractivity contribution in [1.29, 1.82) is 5.26 Å². The standard InChI is InChI=1S/C24H21N7O3/c1-17-14-22(29(27-17)13-5-12-25)26-23(32)15-19-16-30(20-6-3-2-4-7-20)28-24(19)18-8-10-21(11-9-18)31(33)34/h2-4,6-11,14,16H,5,13,15H2,1H3,(H,26,32). The van der Waals surface area contributed by atoms with Gasteiger partial charge in [-0.2, -0.15) is 15.5 Å². The molecule has 2 heterocycles. The Morgan fingerprint density at radius 2 is 1.88 bits per heavy atom. The van der Waals surface area contributed by atoms with Crippen LogP contribution in [-0.2, 0) is 17.8 Å². The van der Waals surface area contributed by atoms with E-state index in [4.69, 9.17) is 5.26 Å². The molecule has 0 fully saturated rings. The van der Waals surface area contributed by atoms with E-state index in [9.17, 15) is 14.9 Å². The summed E-state index contributed by atoms with van der Waals surface area (Å²) in [5.41, 5.74) is 3.42. The molecule has 2 aromatic carbocycles. The highest BCUT2D eigenvalue weighted by Crippen LogP contribution is 2.26. The molecule has 0 aliphatic rings. The van der Waals surface area contributed by atoms with Crippen LogP contribution in [0.5, 0.6) is 0 Å². The number of aryl methyl sites for hydroxylation is 2. The molecule has 2 aromatic heterocycles. The Kier molecular flexibility index (Phi) is 6.45. The average Bonchev–Trinajstić information content (AvgIpc) is 3.41. The highest BCUT2D eigenvalue weighted by Gasteiger charge is 2.18. The molecule has 4 rings (SSSR count). The third-order valence-corrected chi connectivity index (χ3v) is 5.12. The van der Waals surface area contributed by atoms with Crippen molar-refractivity contribution in [2.24, 2.45) is 0 Å². The first kappa shape index (κ1) is 22.4. The topological polar surface area (TPSA) is 132 Å². The van der Waals surface area contributed by atoms with Gasteiger partial charge in [0.05, 0.1) is 47.5 Å². The SMILES string of the molecule is Cc1cc(NC(=O)Cc2cn(-c3ccccc3)nc2-c2ccc([N+](=O)[O-])cc2)n(CCC#N)n1. The molecule has 0 atom stereocenters. The van der Waals surface area contributed by atoms with E-state index in [0.29, 0.717) is 29.2 Å². The maximum absolute atomic E-state index is 12.9. The van der Waals surface area contributed by atoms with Gasteiger partial charge in [-0.25, -0.2) is 9.36 Å². The Labute approximate surface area is 195 Å². The number of carbonyl (C=O) groups is 1. The molecule has 0 saturated heterocycles. The lowest BCUT2D eigenvalue weighted by molar-refractivity contribution is -0.384. The van der Waals surface area contributed by atoms with Gasteiger partial charge in [0, 0.05) is 35.5 Å². The maximum Gasteiger partial charge on any atom is 0.269 e. The number of benzene rings is 2. The molecule has 0 radical (unpaired) electrons. The van der Waals surface area contributed by atoms with Crippen molar-refractivity contribution in [3.63, 3.8) is 0 Å². The van der Waals surface area contributed by atoms with Crippen LogP contribution < -0.4 is 5.32 Å². The number of aromatic nitrogens is 4. The summed E-state index contributed by atoms with van der Waals surface area (Å²) in [5, 5.41) is 31.7. The minimum absolute atomic E-state index is 0.0217. The second kappa shape index (κ2) is 9.79. The number of rotatable bonds is 8. The normalized spacial score (nSPS) is 10.6. The van der Waals surface area contributed by atoms with Gasteiger partial charge >= 0.3 is 0 Å². The number of non-ortho nitro benzene ring substituents is 1. The average molecular weight is 455 g/mol. The van der Waals surface area contributed by atoms with Crippen molar-refractivity contribution in [3.05, 3.63) is 88.2 Å². The van der Waals surface area contributed by atoms with Crippen LogP contribution in [0.2, 0.25) is 0 Å².